The van der Waals surface area contributed by atoms with E-state index in [0.29, 0.717) is 0 Å². The van der Waals surface area contributed by atoms with E-state index in [-0.39, 0.29) is 6.61 Å². The third kappa shape index (κ3) is 9.48. The number of hydrogen-bond acceptors (Lipinski definition) is 1. The molecule has 1 heteroatoms. The van der Waals surface area contributed by atoms with E-state index in [1.54, 1.807) is 0 Å². The van der Waals surface area contributed by atoms with Crippen LogP contribution in [0.25, 0.3) is 0 Å². The Kier molecular flexibility index (Phi) is 8.02. The molecule has 0 saturated heterocycles. The van der Waals surface area contributed by atoms with Gasteiger partial charge in [0.2, 0.25) is 0 Å². The zero-order valence-electron chi connectivity index (χ0n) is 10.3. The molecule has 0 heterocycles. The topological polar surface area (TPSA) is 20.2 Å². The monoisotopic (exact) mass is 208 g/mol. The second-order valence-electron chi connectivity index (χ2n) is 4.30. The molecule has 0 unspecified atom stereocenters. The molecule has 0 aromatic carbocycles. The van der Waals surface area contributed by atoms with E-state index < -0.39 is 0 Å². The first-order valence-corrected chi connectivity index (χ1v) is 5.65. The molecule has 0 aliphatic heterocycles. The third-order valence-electron chi connectivity index (χ3n) is 2.20. The van der Waals surface area contributed by atoms with Gasteiger partial charge in [0.1, 0.15) is 0 Å². The lowest BCUT2D eigenvalue weighted by atomic mass is 10.1. The van der Waals surface area contributed by atoms with E-state index >= 15 is 0 Å². The van der Waals surface area contributed by atoms with Gasteiger partial charge in [-0.1, -0.05) is 35.5 Å². The molecule has 0 rings (SSSR count). The van der Waals surface area contributed by atoms with Gasteiger partial charge in [-0.2, -0.15) is 0 Å². The maximum absolute atomic E-state index is 8.68. The molecule has 15 heavy (non-hydrogen) atoms. The first-order chi connectivity index (χ1) is 7.06. The summed E-state index contributed by atoms with van der Waals surface area (Å²) in [6, 6.07) is 0. The van der Waals surface area contributed by atoms with Crippen LogP contribution in [0.4, 0.5) is 0 Å². The van der Waals surface area contributed by atoms with Crippen molar-refractivity contribution >= 4 is 0 Å². The molecule has 0 aromatic heterocycles. The Morgan fingerprint density at radius 3 is 2.40 bits per heavy atom. The van der Waals surface area contributed by atoms with Crippen molar-refractivity contribution in [3.05, 3.63) is 35.5 Å². The molecule has 0 atom stereocenters. The largest absolute Gasteiger partial charge is 0.396 e. The number of rotatable bonds is 7. The number of allylic oxidation sites excluding steroid dienone is 5. The van der Waals surface area contributed by atoms with E-state index in [0.717, 1.165) is 31.3 Å². The summed E-state index contributed by atoms with van der Waals surface area (Å²) in [6.07, 6.45) is 8.33. The predicted molar refractivity (Wildman–Crippen MR) is 67.9 cm³/mol. The third-order valence-corrected chi connectivity index (χ3v) is 2.20. The van der Waals surface area contributed by atoms with Crippen LogP contribution in [0, 0.1) is 0 Å². The molecule has 1 N–H and O–H groups in total. The highest BCUT2D eigenvalue weighted by Gasteiger charge is 1.93. The summed E-state index contributed by atoms with van der Waals surface area (Å²) in [5.74, 6) is 0. The van der Waals surface area contributed by atoms with Gasteiger partial charge < -0.3 is 5.11 Å². The zero-order valence-corrected chi connectivity index (χ0v) is 10.3. The zero-order chi connectivity index (χ0) is 11.7. The van der Waals surface area contributed by atoms with Crippen molar-refractivity contribution in [2.45, 2.75) is 46.5 Å². The Balaban J connectivity index is 3.87. The van der Waals surface area contributed by atoms with E-state index in [1.807, 2.05) is 0 Å². The lowest BCUT2D eigenvalue weighted by molar-refractivity contribution is 0.289. The summed E-state index contributed by atoms with van der Waals surface area (Å²) >= 11 is 0. The molecule has 0 radical (unpaired) electrons. The van der Waals surface area contributed by atoms with Crippen LogP contribution in [0.3, 0.4) is 0 Å². The van der Waals surface area contributed by atoms with Gasteiger partial charge in [0.15, 0.2) is 0 Å². The summed E-state index contributed by atoms with van der Waals surface area (Å²) < 4.78 is 0. The van der Waals surface area contributed by atoms with Crippen molar-refractivity contribution in [2.75, 3.05) is 6.61 Å². The first-order valence-electron chi connectivity index (χ1n) is 5.65. The Morgan fingerprint density at radius 2 is 1.87 bits per heavy atom. The Hall–Kier alpha value is -0.820. The van der Waals surface area contributed by atoms with E-state index in [4.69, 9.17) is 5.11 Å². The fourth-order valence-electron chi connectivity index (χ4n) is 1.39. The molecule has 0 aromatic rings. The highest BCUT2D eigenvalue weighted by atomic mass is 16.2. The van der Waals surface area contributed by atoms with Gasteiger partial charge in [-0.25, -0.2) is 0 Å². The van der Waals surface area contributed by atoms with Crippen molar-refractivity contribution in [3.63, 3.8) is 0 Å². The van der Waals surface area contributed by atoms with Gasteiger partial charge in [0, 0.05) is 6.61 Å². The summed E-state index contributed by atoms with van der Waals surface area (Å²) in [6.45, 7) is 10.6. The fourth-order valence-corrected chi connectivity index (χ4v) is 1.39. The van der Waals surface area contributed by atoms with Gasteiger partial charge >= 0.3 is 0 Å². The molecular formula is C14H24O. The Labute approximate surface area is 94.2 Å². The summed E-state index contributed by atoms with van der Waals surface area (Å²) in [5.41, 5.74) is 3.87. The second kappa shape index (κ2) is 8.49. The van der Waals surface area contributed by atoms with Gasteiger partial charge in [0.05, 0.1) is 0 Å². The second-order valence-corrected chi connectivity index (χ2v) is 4.30. The maximum Gasteiger partial charge on any atom is 0.0434 e. The van der Waals surface area contributed by atoms with Gasteiger partial charge in [-0.3, -0.25) is 0 Å². The minimum Gasteiger partial charge on any atom is -0.396 e. The van der Waals surface area contributed by atoms with Crippen molar-refractivity contribution in [3.8, 4) is 0 Å². The molecule has 0 spiro atoms. The van der Waals surface area contributed by atoms with Crippen molar-refractivity contribution in [1.82, 2.24) is 0 Å². The quantitative estimate of drug-likeness (QED) is 0.495. The van der Waals surface area contributed by atoms with Crippen LogP contribution in [0.1, 0.15) is 46.5 Å². The molecule has 0 amide bonds. The van der Waals surface area contributed by atoms with E-state index in [2.05, 4.69) is 39.5 Å². The standard InChI is InChI=1S/C14H24O/c1-12(2)7-5-8-13(3)11-14(4)9-6-10-15/h7,11,15H,4-6,8-10H2,1-3H3/b13-11+. The fraction of sp³-hybridized carbons (Fsp3) is 0.571. The average Bonchev–Trinajstić information content (AvgIpc) is 2.14. The van der Waals surface area contributed by atoms with E-state index in [9.17, 15) is 0 Å². The van der Waals surface area contributed by atoms with Gasteiger partial charge in [-0.15, -0.1) is 0 Å². The lowest BCUT2D eigenvalue weighted by Gasteiger charge is -2.02. The number of hydrogen-bond donors (Lipinski definition) is 1. The maximum atomic E-state index is 8.68. The van der Waals surface area contributed by atoms with Crippen LogP contribution in [0.2, 0.25) is 0 Å². The normalized spacial score (nSPS) is 11.3. The van der Waals surface area contributed by atoms with E-state index in [1.165, 1.54) is 11.1 Å². The van der Waals surface area contributed by atoms with Gasteiger partial charge in [-0.05, 0) is 46.5 Å². The lowest BCUT2D eigenvalue weighted by Crippen LogP contribution is -1.85. The average molecular weight is 208 g/mol. The SMILES string of the molecule is C=C(/C=C(\C)CCC=C(C)C)CCCO. The number of aliphatic hydroxyl groups is 1. The van der Waals surface area contributed by atoms with Gasteiger partial charge in [0.25, 0.3) is 0 Å². The summed E-state index contributed by atoms with van der Waals surface area (Å²) in [4.78, 5) is 0. The van der Waals surface area contributed by atoms with Crippen molar-refractivity contribution in [2.24, 2.45) is 0 Å². The first kappa shape index (κ1) is 14.2. The summed E-state index contributed by atoms with van der Waals surface area (Å²) in [7, 11) is 0. The summed E-state index contributed by atoms with van der Waals surface area (Å²) in [5, 5.41) is 8.68. The molecule has 0 fully saturated rings. The van der Waals surface area contributed by atoms with Crippen LogP contribution in [-0.4, -0.2) is 11.7 Å². The molecule has 1 nitrogen and oxygen atoms in total. The minimum atomic E-state index is 0.254. The van der Waals surface area contributed by atoms with Crippen LogP contribution < -0.4 is 0 Å². The molecule has 0 bridgehead atoms. The molecule has 0 aliphatic rings. The predicted octanol–water partition coefficient (Wildman–Crippen LogP) is 4.01. The Bertz CT molecular complexity index is 242. The molecule has 86 valence electrons. The highest BCUT2D eigenvalue weighted by Crippen LogP contribution is 2.12. The smallest absolute Gasteiger partial charge is 0.0434 e. The minimum absolute atomic E-state index is 0.254. The molecule has 0 saturated carbocycles. The van der Waals surface area contributed by atoms with Crippen LogP contribution >= 0.6 is 0 Å². The van der Waals surface area contributed by atoms with Crippen LogP contribution in [0.15, 0.2) is 35.5 Å². The van der Waals surface area contributed by atoms with Crippen molar-refractivity contribution in [1.29, 1.82) is 0 Å². The van der Waals surface area contributed by atoms with Crippen molar-refractivity contribution < 1.29 is 5.11 Å². The Morgan fingerprint density at radius 1 is 1.20 bits per heavy atom. The van der Waals surface area contributed by atoms with Crippen LogP contribution in [-0.2, 0) is 0 Å². The highest BCUT2D eigenvalue weighted by molar-refractivity contribution is 5.19. The van der Waals surface area contributed by atoms with Crippen LogP contribution in [0.5, 0.6) is 0 Å². The molecular weight excluding hydrogens is 184 g/mol. The molecule has 0 aliphatic carbocycles. The number of aliphatic hydroxyl groups excluding tert-OH is 1.